The fourth-order valence-corrected chi connectivity index (χ4v) is 3.20. The highest BCUT2D eigenvalue weighted by molar-refractivity contribution is 7.91. The fraction of sp³-hybridized carbons (Fsp3) is 0.333. The number of nitrogens with zero attached hydrogens (tertiary/aromatic N) is 1. The molecule has 1 rings (SSSR count). The molecule has 1 aromatic carbocycles. The second-order valence-electron chi connectivity index (χ2n) is 4.11. The SMILES string of the molecule is CS(=O)(=O)CCNS(=O)(=O)c1ccc(NN)cc1[N+](=O)[O-]. The smallest absolute Gasteiger partial charge is 0.291 e. The van der Waals surface area contributed by atoms with Gasteiger partial charge in [0.1, 0.15) is 9.84 Å². The molecule has 0 fully saturated rings. The molecule has 0 spiro atoms. The Morgan fingerprint density at radius 1 is 1.29 bits per heavy atom. The Balaban J connectivity index is 3.10. The van der Waals surface area contributed by atoms with Crippen LogP contribution >= 0.6 is 0 Å². The lowest BCUT2D eigenvalue weighted by Crippen LogP contribution is -2.29. The van der Waals surface area contributed by atoms with Crippen LogP contribution in [0.1, 0.15) is 0 Å². The minimum atomic E-state index is -4.21. The van der Waals surface area contributed by atoms with Gasteiger partial charge >= 0.3 is 0 Å². The Morgan fingerprint density at radius 2 is 1.90 bits per heavy atom. The number of nitrogen functional groups attached to an aromatic ring is 1. The predicted octanol–water partition coefficient (Wildman–Crippen LogP) is -0.797. The van der Waals surface area contributed by atoms with Gasteiger partial charge in [-0.3, -0.25) is 16.0 Å². The number of nitro benzene ring substituents is 1. The van der Waals surface area contributed by atoms with E-state index in [1.807, 2.05) is 4.72 Å². The zero-order chi connectivity index (χ0) is 16.3. The summed E-state index contributed by atoms with van der Waals surface area (Å²) in [6, 6.07) is 3.22. The molecule has 0 heterocycles. The molecule has 0 bridgehead atoms. The number of benzene rings is 1. The summed E-state index contributed by atoms with van der Waals surface area (Å²) < 4.78 is 47.9. The Bertz CT molecular complexity index is 744. The summed E-state index contributed by atoms with van der Waals surface area (Å²) in [7, 11) is -7.56. The number of nitro groups is 1. The average Bonchev–Trinajstić information content (AvgIpc) is 2.36. The largest absolute Gasteiger partial charge is 0.324 e. The Hall–Kier alpha value is -1.76. The molecule has 0 unspecified atom stereocenters. The molecular weight excluding hydrogens is 324 g/mol. The van der Waals surface area contributed by atoms with Gasteiger partial charge in [-0.1, -0.05) is 0 Å². The van der Waals surface area contributed by atoms with Crippen molar-refractivity contribution >= 4 is 31.2 Å². The topological polar surface area (TPSA) is 162 Å². The van der Waals surface area contributed by atoms with E-state index in [0.717, 1.165) is 18.4 Å². The Labute approximate surface area is 121 Å². The second kappa shape index (κ2) is 6.34. The van der Waals surface area contributed by atoms with E-state index >= 15 is 0 Å². The standard InChI is InChI=1S/C9H14N4O6S2/c1-20(16,17)5-4-11-21(18,19)9-3-2-7(12-10)6-8(9)13(14)15/h2-3,6,11-12H,4-5,10H2,1H3. The molecule has 12 heteroatoms. The number of sulfone groups is 1. The first-order chi connectivity index (χ1) is 9.57. The van der Waals surface area contributed by atoms with Crippen LogP contribution in [0.25, 0.3) is 0 Å². The number of nitrogens with two attached hydrogens (primary N) is 1. The van der Waals surface area contributed by atoms with E-state index in [4.69, 9.17) is 5.84 Å². The number of anilines is 1. The van der Waals surface area contributed by atoms with E-state index in [0.29, 0.717) is 0 Å². The van der Waals surface area contributed by atoms with Crippen molar-refractivity contribution in [1.29, 1.82) is 0 Å². The van der Waals surface area contributed by atoms with Gasteiger partial charge in [-0.25, -0.2) is 21.6 Å². The quantitative estimate of drug-likeness (QED) is 0.331. The lowest BCUT2D eigenvalue weighted by Gasteiger charge is -2.08. The number of sulfonamides is 1. The molecule has 0 saturated carbocycles. The molecule has 0 aromatic heterocycles. The molecule has 21 heavy (non-hydrogen) atoms. The van der Waals surface area contributed by atoms with Crippen LogP contribution in [-0.4, -0.2) is 40.3 Å². The molecule has 0 atom stereocenters. The van der Waals surface area contributed by atoms with E-state index in [1.165, 1.54) is 6.07 Å². The van der Waals surface area contributed by atoms with Crippen LogP contribution in [0.4, 0.5) is 11.4 Å². The van der Waals surface area contributed by atoms with Gasteiger partial charge in [-0.15, -0.1) is 0 Å². The Kier molecular flexibility index (Phi) is 5.22. The molecule has 0 aliphatic carbocycles. The maximum Gasteiger partial charge on any atom is 0.291 e. The number of rotatable bonds is 7. The zero-order valence-corrected chi connectivity index (χ0v) is 12.6. The maximum absolute atomic E-state index is 12.0. The van der Waals surface area contributed by atoms with Crippen molar-refractivity contribution in [2.24, 2.45) is 5.84 Å². The van der Waals surface area contributed by atoms with Crippen molar-refractivity contribution in [2.45, 2.75) is 4.90 Å². The zero-order valence-electron chi connectivity index (χ0n) is 10.9. The van der Waals surface area contributed by atoms with Crippen molar-refractivity contribution in [1.82, 2.24) is 4.72 Å². The summed E-state index contributed by atoms with van der Waals surface area (Å²) in [4.78, 5) is 9.48. The highest BCUT2D eigenvalue weighted by Crippen LogP contribution is 2.26. The number of hydrogen-bond donors (Lipinski definition) is 3. The second-order valence-corrected chi connectivity index (χ2v) is 8.11. The molecule has 1 aromatic rings. The lowest BCUT2D eigenvalue weighted by molar-refractivity contribution is -0.387. The van der Waals surface area contributed by atoms with Gasteiger partial charge in [0, 0.05) is 18.9 Å². The highest BCUT2D eigenvalue weighted by atomic mass is 32.2. The number of hydrazine groups is 1. The molecule has 0 aliphatic heterocycles. The van der Waals surface area contributed by atoms with Gasteiger partial charge in [-0.2, -0.15) is 0 Å². The molecule has 0 radical (unpaired) electrons. The van der Waals surface area contributed by atoms with Crippen molar-refractivity contribution in [3.8, 4) is 0 Å². The van der Waals surface area contributed by atoms with Gasteiger partial charge in [0.05, 0.1) is 16.4 Å². The van der Waals surface area contributed by atoms with Crippen LogP contribution in [0.3, 0.4) is 0 Å². The summed E-state index contributed by atoms with van der Waals surface area (Å²) in [5, 5.41) is 10.9. The number of hydrogen-bond acceptors (Lipinski definition) is 8. The van der Waals surface area contributed by atoms with Crippen molar-refractivity contribution in [3.05, 3.63) is 28.3 Å². The first-order valence-electron chi connectivity index (χ1n) is 5.49. The molecule has 10 nitrogen and oxygen atoms in total. The highest BCUT2D eigenvalue weighted by Gasteiger charge is 2.26. The van der Waals surface area contributed by atoms with E-state index < -0.39 is 41.1 Å². The van der Waals surface area contributed by atoms with Crippen LogP contribution in [0.5, 0.6) is 0 Å². The summed E-state index contributed by atoms with van der Waals surface area (Å²) in [6.07, 6.45) is 0.950. The summed E-state index contributed by atoms with van der Waals surface area (Å²) in [6.45, 7) is -0.380. The van der Waals surface area contributed by atoms with E-state index in [-0.39, 0.29) is 12.2 Å². The van der Waals surface area contributed by atoms with Crippen LogP contribution in [0, 0.1) is 10.1 Å². The van der Waals surface area contributed by atoms with Crippen LogP contribution < -0.4 is 16.0 Å². The average molecular weight is 338 g/mol. The number of nitrogens with one attached hydrogen (secondary N) is 2. The third kappa shape index (κ3) is 4.93. The predicted molar refractivity (Wildman–Crippen MR) is 75.8 cm³/mol. The first-order valence-corrected chi connectivity index (χ1v) is 9.03. The van der Waals surface area contributed by atoms with Crippen LogP contribution in [-0.2, 0) is 19.9 Å². The minimum absolute atomic E-state index is 0.164. The summed E-state index contributed by atoms with van der Waals surface area (Å²) in [5.41, 5.74) is 1.66. The van der Waals surface area contributed by atoms with Gasteiger partial charge in [0.2, 0.25) is 10.0 Å². The summed E-state index contributed by atoms with van der Waals surface area (Å²) in [5.74, 6) is 4.69. The lowest BCUT2D eigenvalue weighted by atomic mass is 10.3. The minimum Gasteiger partial charge on any atom is -0.324 e. The third-order valence-corrected chi connectivity index (χ3v) is 4.83. The fourth-order valence-electron chi connectivity index (χ4n) is 1.42. The third-order valence-electron chi connectivity index (χ3n) is 2.38. The van der Waals surface area contributed by atoms with Gasteiger partial charge in [0.15, 0.2) is 4.90 Å². The van der Waals surface area contributed by atoms with Crippen molar-refractivity contribution in [2.75, 3.05) is 24.0 Å². The molecule has 0 amide bonds. The maximum atomic E-state index is 12.0. The normalized spacial score (nSPS) is 12.1. The van der Waals surface area contributed by atoms with E-state index in [9.17, 15) is 26.9 Å². The van der Waals surface area contributed by atoms with E-state index in [2.05, 4.69) is 5.43 Å². The molecular formula is C9H14N4O6S2. The Morgan fingerprint density at radius 3 is 2.38 bits per heavy atom. The van der Waals surface area contributed by atoms with Crippen LogP contribution in [0.2, 0.25) is 0 Å². The molecule has 0 aliphatic rings. The molecule has 4 N–H and O–H groups in total. The van der Waals surface area contributed by atoms with Crippen molar-refractivity contribution in [3.63, 3.8) is 0 Å². The van der Waals surface area contributed by atoms with Crippen LogP contribution in [0.15, 0.2) is 23.1 Å². The summed E-state index contributed by atoms with van der Waals surface area (Å²) >= 11 is 0. The van der Waals surface area contributed by atoms with Gasteiger partial charge in [0.25, 0.3) is 5.69 Å². The monoisotopic (exact) mass is 338 g/mol. The molecule has 0 saturated heterocycles. The van der Waals surface area contributed by atoms with Gasteiger partial charge in [-0.05, 0) is 12.1 Å². The van der Waals surface area contributed by atoms with Crippen molar-refractivity contribution < 1.29 is 21.8 Å². The molecule has 118 valence electrons. The van der Waals surface area contributed by atoms with Gasteiger partial charge < -0.3 is 5.43 Å². The van der Waals surface area contributed by atoms with E-state index in [1.54, 1.807) is 0 Å². The first kappa shape index (κ1) is 17.3.